The molecule has 0 radical (unpaired) electrons. The van der Waals surface area contributed by atoms with Crippen molar-refractivity contribution >= 4 is 11.1 Å². The van der Waals surface area contributed by atoms with Gasteiger partial charge in [0.25, 0.3) is 0 Å². The number of hydrogen-bond acceptors (Lipinski definition) is 4. The molecule has 4 nitrogen and oxygen atoms in total. The Labute approximate surface area is 166 Å². The summed E-state index contributed by atoms with van der Waals surface area (Å²) in [7, 11) is 1.89. The third-order valence-electron chi connectivity index (χ3n) is 4.56. The molecule has 0 saturated carbocycles. The summed E-state index contributed by atoms with van der Waals surface area (Å²) in [5.74, 6) is 0.870. The third-order valence-corrected chi connectivity index (χ3v) is 4.56. The fraction of sp³-hybridized carbons (Fsp3) is 0.208. The molecule has 144 valence electrons. The number of aromatic hydroxyl groups is 1. The van der Waals surface area contributed by atoms with Gasteiger partial charge in [0.15, 0.2) is 0 Å². The van der Waals surface area contributed by atoms with Gasteiger partial charge < -0.3 is 15.2 Å². The number of nitrogens with one attached hydrogen (secondary N) is 1. The summed E-state index contributed by atoms with van der Waals surface area (Å²) in [6.45, 7) is 3.51. The molecule has 0 aliphatic heterocycles. The van der Waals surface area contributed by atoms with E-state index < -0.39 is 0 Å². The average Bonchev–Trinajstić information content (AvgIpc) is 2.74. The molecule has 1 aromatic heterocycles. The number of allylic oxidation sites excluding steroid dienone is 1. The summed E-state index contributed by atoms with van der Waals surface area (Å²) < 4.78 is 5.65. The lowest BCUT2D eigenvalue weighted by Gasteiger charge is -2.16. The fourth-order valence-electron chi connectivity index (χ4n) is 3.18. The number of ether oxygens (including phenoxy) is 1. The van der Waals surface area contributed by atoms with Crippen LogP contribution in [-0.4, -0.2) is 30.3 Å². The number of benzene rings is 2. The molecule has 2 N–H and O–H groups in total. The molecule has 4 heteroatoms. The second-order valence-electron chi connectivity index (χ2n) is 6.46. The summed E-state index contributed by atoms with van der Waals surface area (Å²) >= 11 is 0. The smallest absolute Gasteiger partial charge is 0.213 e. The first-order chi connectivity index (χ1) is 13.7. The van der Waals surface area contributed by atoms with Gasteiger partial charge in [-0.2, -0.15) is 0 Å². The number of pyridine rings is 1. The van der Waals surface area contributed by atoms with E-state index in [1.807, 2.05) is 43.6 Å². The molecule has 3 aromatic rings. The number of hydrogen-bond donors (Lipinski definition) is 2. The van der Waals surface area contributed by atoms with Crippen molar-refractivity contribution in [2.75, 3.05) is 20.2 Å². The topological polar surface area (TPSA) is 54.4 Å². The molecular weight excluding hydrogens is 348 g/mol. The standard InChI is InChI=1S/C24H26N2O2/c1-3-22(18-7-5-4-6-8-18)24(19-9-12-21(27)13-10-19)20-11-14-23(26-17-20)28-16-15-25-2/h4-14,17,25,27H,3,15-16H2,1-2H3/b24-22-. The summed E-state index contributed by atoms with van der Waals surface area (Å²) in [5, 5.41) is 12.8. The molecule has 0 aliphatic carbocycles. The Bertz CT molecular complexity index is 902. The first-order valence-electron chi connectivity index (χ1n) is 9.54. The van der Waals surface area contributed by atoms with Crippen molar-refractivity contribution in [1.82, 2.24) is 10.3 Å². The van der Waals surface area contributed by atoms with Gasteiger partial charge in [-0.15, -0.1) is 0 Å². The SMILES string of the molecule is CC/C(=C(\c1ccc(O)cc1)c1ccc(OCCNC)nc1)c1ccccc1. The van der Waals surface area contributed by atoms with Gasteiger partial charge in [0, 0.05) is 24.4 Å². The number of likely N-dealkylation sites (N-methyl/N-ethyl adjacent to an activating group) is 1. The number of rotatable bonds is 8. The van der Waals surface area contributed by atoms with Gasteiger partial charge >= 0.3 is 0 Å². The average molecular weight is 374 g/mol. The quantitative estimate of drug-likeness (QED) is 0.441. The van der Waals surface area contributed by atoms with Crippen LogP contribution >= 0.6 is 0 Å². The van der Waals surface area contributed by atoms with Crippen LogP contribution in [0.15, 0.2) is 72.9 Å². The van der Waals surface area contributed by atoms with Crippen LogP contribution in [0.5, 0.6) is 11.6 Å². The van der Waals surface area contributed by atoms with E-state index in [0.29, 0.717) is 12.5 Å². The highest BCUT2D eigenvalue weighted by molar-refractivity contribution is 5.98. The molecule has 0 fully saturated rings. The Balaban J connectivity index is 2.06. The molecule has 0 saturated heterocycles. The van der Waals surface area contributed by atoms with Crippen molar-refractivity contribution in [3.05, 3.63) is 89.6 Å². The molecule has 0 amide bonds. The zero-order valence-electron chi connectivity index (χ0n) is 16.4. The van der Waals surface area contributed by atoms with Crippen molar-refractivity contribution in [3.63, 3.8) is 0 Å². The van der Waals surface area contributed by atoms with Crippen molar-refractivity contribution < 1.29 is 9.84 Å². The number of aromatic nitrogens is 1. The van der Waals surface area contributed by atoms with Gasteiger partial charge in [0.1, 0.15) is 12.4 Å². The largest absolute Gasteiger partial charge is 0.508 e. The fourth-order valence-corrected chi connectivity index (χ4v) is 3.18. The highest BCUT2D eigenvalue weighted by atomic mass is 16.5. The molecule has 0 atom stereocenters. The first-order valence-corrected chi connectivity index (χ1v) is 9.54. The monoisotopic (exact) mass is 374 g/mol. The Morgan fingerprint density at radius 2 is 1.64 bits per heavy atom. The van der Waals surface area contributed by atoms with Crippen molar-refractivity contribution in [1.29, 1.82) is 0 Å². The Hall–Kier alpha value is -3.11. The number of phenolic OH excluding ortho intramolecular Hbond substituents is 1. The molecule has 0 spiro atoms. The minimum absolute atomic E-state index is 0.257. The number of phenols is 1. The zero-order chi connectivity index (χ0) is 19.8. The van der Waals surface area contributed by atoms with E-state index >= 15 is 0 Å². The van der Waals surface area contributed by atoms with E-state index in [4.69, 9.17) is 4.74 Å². The van der Waals surface area contributed by atoms with Gasteiger partial charge in [-0.3, -0.25) is 0 Å². The minimum atomic E-state index is 0.257. The van der Waals surface area contributed by atoms with E-state index in [9.17, 15) is 5.11 Å². The van der Waals surface area contributed by atoms with E-state index in [2.05, 4.69) is 41.5 Å². The third kappa shape index (κ3) is 4.78. The normalized spacial score (nSPS) is 11.8. The van der Waals surface area contributed by atoms with Crippen LogP contribution in [0.25, 0.3) is 11.1 Å². The summed E-state index contributed by atoms with van der Waals surface area (Å²) in [4.78, 5) is 4.49. The molecule has 0 bridgehead atoms. The van der Waals surface area contributed by atoms with Crippen LogP contribution in [0.4, 0.5) is 0 Å². The predicted octanol–water partition coefficient (Wildman–Crippen LogP) is 4.75. The summed E-state index contributed by atoms with van der Waals surface area (Å²) in [6.07, 6.45) is 2.73. The van der Waals surface area contributed by atoms with E-state index in [1.54, 1.807) is 12.1 Å². The second-order valence-corrected chi connectivity index (χ2v) is 6.46. The van der Waals surface area contributed by atoms with Crippen LogP contribution in [0.1, 0.15) is 30.0 Å². The lowest BCUT2D eigenvalue weighted by molar-refractivity contribution is 0.306. The summed E-state index contributed by atoms with van der Waals surface area (Å²) in [6, 6.07) is 21.7. The van der Waals surface area contributed by atoms with Crippen LogP contribution in [0.3, 0.4) is 0 Å². The Morgan fingerprint density at radius 1 is 0.929 bits per heavy atom. The molecule has 0 aliphatic rings. The molecule has 28 heavy (non-hydrogen) atoms. The maximum absolute atomic E-state index is 9.71. The predicted molar refractivity (Wildman–Crippen MR) is 114 cm³/mol. The van der Waals surface area contributed by atoms with Gasteiger partial charge in [-0.05, 0) is 53.9 Å². The lowest BCUT2D eigenvalue weighted by atomic mass is 9.89. The maximum atomic E-state index is 9.71. The number of nitrogens with zero attached hydrogens (tertiary/aromatic N) is 1. The van der Waals surface area contributed by atoms with E-state index in [1.165, 1.54) is 11.1 Å². The molecule has 1 heterocycles. The minimum Gasteiger partial charge on any atom is -0.508 e. The van der Waals surface area contributed by atoms with E-state index in [-0.39, 0.29) is 5.75 Å². The van der Waals surface area contributed by atoms with Crippen LogP contribution < -0.4 is 10.1 Å². The lowest BCUT2D eigenvalue weighted by Crippen LogP contribution is -2.16. The first kappa shape index (κ1) is 19.6. The van der Waals surface area contributed by atoms with Crippen molar-refractivity contribution in [2.45, 2.75) is 13.3 Å². The summed E-state index contributed by atoms with van der Waals surface area (Å²) in [5.41, 5.74) is 5.60. The molecule has 2 aromatic carbocycles. The van der Waals surface area contributed by atoms with Crippen LogP contribution in [-0.2, 0) is 0 Å². The van der Waals surface area contributed by atoms with Gasteiger partial charge in [-0.25, -0.2) is 4.98 Å². The second kappa shape index (κ2) is 9.72. The Kier molecular flexibility index (Phi) is 6.82. The van der Waals surface area contributed by atoms with Crippen molar-refractivity contribution in [2.24, 2.45) is 0 Å². The highest BCUT2D eigenvalue weighted by Crippen LogP contribution is 2.35. The molecule has 3 rings (SSSR count). The zero-order valence-corrected chi connectivity index (χ0v) is 16.4. The molecular formula is C24H26N2O2. The molecule has 0 unspecified atom stereocenters. The van der Waals surface area contributed by atoms with Crippen LogP contribution in [0, 0.1) is 0 Å². The van der Waals surface area contributed by atoms with Crippen molar-refractivity contribution in [3.8, 4) is 11.6 Å². The maximum Gasteiger partial charge on any atom is 0.213 e. The van der Waals surface area contributed by atoms with Gasteiger partial charge in [0.2, 0.25) is 5.88 Å². The van der Waals surface area contributed by atoms with Gasteiger partial charge in [0.05, 0.1) is 0 Å². The Morgan fingerprint density at radius 3 is 2.25 bits per heavy atom. The van der Waals surface area contributed by atoms with Gasteiger partial charge in [-0.1, -0.05) is 49.4 Å². The van der Waals surface area contributed by atoms with Crippen LogP contribution in [0.2, 0.25) is 0 Å². The van der Waals surface area contributed by atoms with E-state index in [0.717, 1.165) is 29.7 Å². The highest BCUT2D eigenvalue weighted by Gasteiger charge is 2.13.